The lowest BCUT2D eigenvalue weighted by Crippen LogP contribution is -2.41. The smallest absolute Gasteiger partial charge is 0.255 e. The summed E-state index contributed by atoms with van der Waals surface area (Å²) in [4.78, 5) is 13.2. The highest BCUT2D eigenvalue weighted by molar-refractivity contribution is 5.82. The molecule has 0 atom stereocenters. The average molecular weight is 336 g/mol. The maximum Gasteiger partial charge on any atom is 0.255 e. The van der Waals surface area contributed by atoms with E-state index >= 15 is 0 Å². The molecule has 2 rings (SSSR count). The Hall–Kier alpha value is -2.48. The van der Waals surface area contributed by atoms with Gasteiger partial charge in [0.25, 0.3) is 5.91 Å². The van der Waals surface area contributed by atoms with Crippen molar-refractivity contribution in [2.45, 2.75) is 0 Å². The minimum Gasteiger partial charge on any atom is -0.493 e. The molecule has 0 saturated carbocycles. The normalized spacial score (nSPS) is 15.5. The predicted octanol–water partition coefficient (Wildman–Crippen LogP) is 0.149. The Balaban J connectivity index is 2.17. The van der Waals surface area contributed by atoms with Crippen molar-refractivity contribution in [1.29, 1.82) is 0 Å². The first-order valence-corrected chi connectivity index (χ1v) is 7.68. The third kappa shape index (κ3) is 4.76. The maximum atomic E-state index is 10.9. The molecule has 0 bridgehead atoms. The molecule has 8 heteroatoms. The van der Waals surface area contributed by atoms with Crippen molar-refractivity contribution in [3.8, 4) is 17.2 Å². The molecule has 132 valence electrons. The molecule has 0 spiro atoms. The fraction of sp³-hybridized carbons (Fsp3) is 0.500. The van der Waals surface area contributed by atoms with Crippen LogP contribution in [-0.2, 0) is 4.79 Å². The van der Waals surface area contributed by atoms with E-state index in [-0.39, 0.29) is 6.61 Å². The predicted molar refractivity (Wildman–Crippen MR) is 90.9 cm³/mol. The second kappa shape index (κ2) is 8.39. The summed E-state index contributed by atoms with van der Waals surface area (Å²) in [7, 11) is 5.14. The highest BCUT2D eigenvalue weighted by atomic mass is 16.5. The number of hydrazone groups is 1. The monoisotopic (exact) mass is 336 g/mol. The summed E-state index contributed by atoms with van der Waals surface area (Å²) in [5, 5.41) is 6.52. The molecule has 1 fully saturated rings. The van der Waals surface area contributed by atoms with Gasteiger partial charge >= 0.3 is 0 Å². The lowest BCUT2D eigenvalue weighted by molar-refractivity contribution is -0.119. The molecule has 0 aromatic heterocycles. The van der Waals surface area contributed by atoms with Gasteiger partial charge in [-0.05, 0) is 19.2 Å². The van der Waals surface area contributed by atoms with Crippen LogP contribution in [0, 0.1) is 0 Å². The van der Waals surface area contributed by atoms with E-state index in [4.69, 9.17) is 19.9 Å². The first-order chi connectivity index (χ1) is 11.5. The van der Waals surface area contributed by atoms with Crippen molar-refractivity contribution in [1.82, 2.24) is 9.91 Å². The quantitative estimate of drug-likeness (QED) is 0.713. The van der Waals surface area contributed by atoms with Crippen molar-refractivity contribution < 1.29 is 19.0 Å². The minimum atomic E-state index is -0.570. The summed E-state index contributed by atoms with van der Waals surface area (Å²) < 4.78 is 16.0. The molecular formula is C16H24N4O4. The van der Waals surface area contributed by atoms with Crippen LogP contribution in [0.15, 0.2) is 17.2 Å². The van der Waals surface area contributed by atoms with Gasteiger partial charge in [0, 0.05) is 31.7 Å². The molecule has 0 radical (unpaired) electrons. The van der Waals surface area contributed by atoms with Gasteiger partial charge in [-0.3, -0.25) is 9.80 Å². The molecule has 1 amide bonds. The number of nitrogens with two attached hydrogens (primary N) is 1. The Kier molecular flexibility index (Phi) is 6.25. The number of nitrogens with zero attached hydrogens (tertiary/aromatic N) is 3. The fourth-order valence-electron chi connectivity index (χ4n) is 2.32. The zero-order valence-corrected chi connectivity index (χ0v) is 14.3. The van der Waals surface area contributed by atoms with Crippen molar-refractivity contribution in [3.05, 3.63) is 17.7 Å². The zero-order valence-electron chi connectivity index (χ0n) is 14.3. The van der Waals surface area contributed by atoms with Gasteiger partial charge in [0.1, 0.15) is 0 Å². The van der Waals surface area contributed by atoms with Gasteiger partial charge in [-0.15, -0.1) is 0 Å². The Labute approximate surface area is 141 Å². The highest BCUT2D eigenvalue weighted by Crippen LogP contribution is 2.38. The summed E-state index contributed by atoms with van der Waals surface area (Å²) in [5.41, 5.74) is 5.93. The second-order valence-corrected chi connectivity index (χ2v) is 5.51. The number of piperazine rings is 1. The molecule has 0 aliphatic carbocycles. The molecule has 0 unspecified atom stereocenters. The van der Waals surface area contributed by atoms with Crippen molar-refractivity contribution >= 4 is 12.1 Å². The Morgan fingerprint density at radius 3 is 2.29 bits per heavy atom. The van der Waals surface area contributed by atoms with E-state index in [1.165, 1.54) is 14.2 Å². The second-order valence-electron chi connectivity index (χ2n) is 5.51. The molecule has 24 heavy (non-hydrogen) atoms. The number of amides is 1. The molecule has 1 heterocycles. The highest BCUT2D eigenvalue weighted by Gasteiger charge is 2.15. The van der Waals surface area contributed by atoms with E-state index in [0.717, 1.165) is 31.7 Å². The van der Waals surface area contributed by atoms with E-state index in [1.54, 1.807) is 18.3 Å². The third-order valence-electron chi connectivity index (χ3n) is 3.69. The zero-order chi connectivity index (χ0) is 17.5. The van der Waals surface area contributed by atoms with Crippen LogP contribution in [0.5, 0.6) is 17.2 Å². The number of hydrogen-bond acceptors (Lipinski definition) is 7. The summed E-state index contributed by atoms with van der Waals surface area (Å²) in [6.45, 7) is 3.51. The molecular weight excluding hydrogens is 312 g/mol. The van der Waals surface area contributed by atoms with Crippen LogP contribution in [0.2, 0.25) is 0 Å². The SMILES string of the molecule is COc1cc(/C=N\N2CCN(C)CC2)cc(OC)c1OCC(N)=O. The Bertz CT molecular complexity index is 573. The van der Waals surface area contributed by atoms with Crippen molar-refractivity contribution in [3.63, 3.8) is 0 Å². The lowest BCUT2D eigenvalue weighted by atomic mass is 10.2. The average Bonchev–Trinajstić information content (AvgIpc) is 2.58. The lowest BCUT2D eigenvalue weighted by Gasteiger charge is -2.30. The number of carbonyl (C=O) groups excluding carboxylic acids is 1. The topological polar surface area (TPSA) is 89.6 Å². The third-order valence-corrected chi connectivity index (χ3v) is 3.69. The molecule has 2 N–H and O–H groups in total. The van der Waals surface area contributed by atoms with Crippen LogP contribution in [0.3, 0.4) is 0 Å². The molecule has 1 aromatic carbocycles. The summed E-state index contributed by atoms with van der Waals surface area (Å²) in [5.74, 6) is 0.682. The van der Waals surface area contributed by atoms with Gasteiger partial charge in [0.2, 0.25) is 5.75 Å². The van der Waals surface area contributed by atoms with E-state index < -0.39 is 5.91 Å². The molecule has 1 aliphatic rings. The summed E-state index contributed by atoms with van der Waals surface area (Å²) in [6, 6.07) is 3.55. The van der Waals surface area contributed by atoms with E-state index in [9.17, 15) is 4.79 Å². The van der Waals surface area contributed by atoms with Crippen LogP contribution in [-0.4, -0.2) is 76.1 Å². The standard InChI is InChI=1S/C16H24N4O4/c1-19-4-6-20(7-5-19)18-10-12-8-13(22-2)16(14(9-12)23-3)24-11-15(17)21/h8-10H,4-7,11H2,1-3H3,(H2,17,21)/b18-10-. The molecule has 1 aliphatic heterocycles. The number of methoxy groups -OCH3 is 2. The number of rotatable bonds is 7. The fourth-order valence-corrected chi connectivity index (χ4v) is 2.32. The summed E-state index contributed by atoms with van der Waals surface area (Å²) >= 11 is 0. The minimum absolute atomic E-state index is 0.249. The number of primary amides is 1. The Morgan fingerprint density at radius 1 is 1.21 bits per heavy atom. The number of likely N-dealkylation sites (N-methyl/N-ethyl adjacent to an activating group) is 1. The van der Waals surface area contributed by atoms with Gasteiger partial charge < -0.3 is 24.8 Å². The van der Waals surface area contributed by atoms with Crippen LogP contribution < -0.4 is 19.9 Å². The van der Waals surface area contributed by atoms with Gasteiger partial charge in [0.05, 0.1) is 20.4 Å². The van der Waals surface area contributed by atoms with Gasteiger partial charge in [0.15, 0.2) is 18.1 Å². The first-order valence-electron chi connectivity index (χ1n) is 7.68. The maximum absolute atomic E-state index is 10.9. The van der Waals surface area contributed by atoms with Crippen LogP contribution in [0.1, 0.15) is 5.56 Å². The largest absolute Gasteiger partial charge is 0.493 e. The van der Waals surface area contributed by atoms with Crippen LogP contribution >= 0.6 is 0 Å². The van der Waals surface area contributed by atoms with Gasteiger partial charge in [-0.1, -0.05) is 0 Å². The van der Waals surface area contributed by atoms with Crippen molar-refractivity contribution in [2.75, 3.05) is 54.1 Å². The van der Waals surface area contributed by atoms with Crippen LogP contribution in [0.25, 0.3) is 0 Å². The Morgan fingerprint density at radius 2 is 1.79 bits per heavy atom. The van der Waals surface area contributed by atoms with Crippen LogP contribution in [0.4, 0.5) is 0 Å². The van der Waals surface area contributed by atoms with Gasteiger partial charge in [-0.2, -0.15) is 5.10 Å². The number of hydrogen-bond donors (Lipinski definition) is 1. The first kappa shape index (κ1) is 17.9. The molecule has 8 nitrogen and oxygen atoms in total. The number of ether oxygens (including phenoxy) is 3. The van der Waals surface area contributed by atoms with Crippen molar-refractivity contribution in [2.24, 2.45) is 10.8 Å². The number of carbonyl (C=O) groups is 1. The van der Waals surface area contributed by atoms with E-state index in [1.807, 2.05) is 5.01 Å². The van der Waals surface area contributed by atoms with Gasteiger partial charge in [-0.25, -0.2) is 0 Å². The number of benzene rings is 1. The summed E-state index contributed by atoms with van der Waals surface area (Å²) in [6.07, 6.45) is 1.76. The van der Waals surface area contributed by atoms with E-state index in [0.29, 0.717) is 17.2 Å². The molecule has 1 saturated heterocycles. The molecule has 1 aromatic rings. The van der Waals surface area contributed by atoms with E-state index in [2.05, 4.69) is 17.0 Å².